The highest BCUT2D eigenvalue weighted by Crippen LogP contribution is 2.35. The zero-order chi connectivity index (χ0) is 19.5. The zero-order valence-corrected chi connectivity index (χ0v) is 15.8. The largest absolute Gasteiger partial charge is 0.496 e. The number of nitrogens with one attached hydrogen (secondary N) is 1. The summed E-state index contributed by atoms with van der Waals surface area (Å²) in [6, 6.07) is 13.7. The van der Waals surface area contributed by atoms with E-state index < -0.39 is 0 Å². The molecule has 7 heteroatoms. The van der Waals surface area contributed by atoms with E-state index in [-0.39, 0.29) is 0 Å². The van der Waals surface area contributed by atoms with E-state index >= 15 is 0 Å². The number of anilines is 2. The topological polar surface area (TPSA) is 82.0 Å². The van der Waals surface area contributed by atoms with E-state index in [0.717, 1.165) is 28.3 Å². The van der Waals surface area contributed by atoms with E-state index in [1.54, 1.807) is 20.4 Å². The standard InChI is InChI=1S/C21H19N5O2/c1-13-9-15(18(28-3)10-17(13)27-2)26-21-19-20(23-12-24-21)22-11-16(25-19)14-7-5-4-6-8-14/h4-12H,1-3H3,(H,22,23,24,26). The summed E-state index contributed by atoms with van der Waals surface area (Å²) in [5.74, 6) is 1.95. The van der Waals surface area contributed by atoms with Gasteiger partial charge in [0.05, 0.1) is 31.8 Å². The maximum absolute atomic E-state index is 5.50. The first-order valence-corrected chi connectivity index (χ1v) is 8.72. The van der Waals surface area contributed by atoms with Gasteiger partial charge in [-0.15, -0.1) is 0 Å². The van der Waals surface area contributed by atoms with Crippen LogP contribution in [0.2, 0.25) is 0 Å². The summed E-state index contributed by atoms with van der Waals surface area (Å²) in [6.45, 7) is 1.97. The van der Waals surface area contributed by atoms with E-state index in [4.69, 9.17) is 14.5 Å². The Morgan fingerprint density at radius 3 is 2.43 bits per heavy atom. The van der Waals surface area contributed by atoms with Crippen LogP contribution in [0.3, 0.4) is 0 Å². The predicted molar refractivity (Wildman–Crippen MR) is 108 cm³/mol. The molecule has 140 valence electrons. The van der Waals surface area contributed by atoms with E-state index in [9.17, 15) is 0 Å². The lowest BCUT2D eigenvalue weighted by Crippen LogP contribution is -2.02. The Morgan fingerprint density at radius 1 is 0.893 bits per heavy atom. The highest BCUT2D eigenvalue weighted by Gasteiger charge is 2.13. The maximum atomic E-state index is 5.50. The SMILES string of the molecule is COc1cc(OC)c(Nc2ncnc3ncc(-c4ccccc4)nc23)cc1C. The number of benzene rings is 2. The number of hydrogen-bond acceptors (Lipinski definition) is 7. The molecule has 0 aliphatic rings. The van der Waals surface area contributed by atoms with Crippen LogP contribution in [0.15, 0.2) is 55.0 Å². The van der Waals surface area contributed by atoms with Gasteiger partial charge >= 0.3 is 0 Å². The molecule has 0 amide bonds. The van der Waals surface area contributed by atoms with Gasteiger partial charge in [0.2, 0.25) is 0 Å². The van der Waals surface area contributed by atoms with Crippen molar-refractivity contribution in [2.24, 2.45) is 0 Å². The Balaban J connectivity index is 1.80. The second kappa shape index (κ2) is 7.48. The van der Waals surface area contributed by atoms with Crippen molar-refractivity contribution in [3.8, 4) is 22.8 Å². The van der Waals surface area contributed by atoms with Crippen LogP contribution in [0, 0.1) is 6.92 Å². The summed E-state index contributed by atoms with van der Waals surface area (Å²) in [6.07, 6.45) is 3.18. The van der Waals surface area contributed by atoms with Crippen molar-refractivity contribution in [3.05, 3.63) is 60.6 Å². The van der Waals surface area contributed by atoms with Crippen LogP contribution in [0.25, 0.3) is 22.4 Å². The van der Waals surface area contributed by atoms with Gasteiger partial charge in [-0.2, -0.15) is 0 Å². The van der Waals surface area contributed by atoms with Crippen LogP contribution >= 0.6 is 0 Å². The summed E-state index contributed by atoms with van der Waals surface area (Å²) in [4.78, 5) is 17.8. The second-order valence-electron chi connectivity index (χ2n) is 6.16. The molecule has 0 fully saturated rings. The minimum Gasteiger partial charge on any atom is -0.496 e. The molecule has 0 radical (unpaired) electrons. The predicted octanol–water partition coefficient (Wildman–Crippen LogP) is 4.16. The van der Waals surface area contributed by atoms with Crippen molar-refractivity contribution in [1.82, 2.24) is 19.9 Å². The van der Waals surface area contributed by atoms with Gasteiger partial charge in [-0.1, -0.05) is 30.3 Å². The summed E-state index contributed by atoms with van der Waals surface area (Å²) < 4.78 is 10.9. The van der Waals surface area contributed by atoms with Crippen molar-refractivity contribution in [1.29, 1.82) is 0 Å². The molecule has 0 aliphatic carbocycles. The zero-order valence-electron chi connectivity index (χ0n) is 15.8. The van der Waals surface area contributed by atoms with Gasteiger partial charge in [0.15, 0.2) is 17.0 Å². The number of nitrogens with zero attached hydrogens (tertiary/aromatic N) is 4. The molecule has 1 N–H and O–H groups in total. The molecule has 2 heterocycles. The van der Waals surface area contributed by atoms with Gasteiger partial charge in [-0.05, 0) is 18.6 Å². The lowest BCUT2D eigenvalue weighted by Gasteiger charge is -2.15. The molecule has 2 aromatic heterocycles. The molecule has 0 aliphatic heterocycles. The number of rotatable bonds is 5. The van der Waals surface area contributed by atoms with Crippen molar-refractivity contribution in [2.75, 3.05) is 19.5 Å². The van der Waals surface area contributed by atoms with Gasteiger partial charge in [0, 0.05) is 11.6 Å². The summed E-state index contributed by atoms with van der Waals surface area (Å²) in [5, 5.41) is 3.30. The van der Waals surface area contributed by atoms with Gasteiger partial charge in [-0.3, -0.25) is 0 Å². The number of ether oxygens (including phenoxy) is 2. The van der Waals surface area contributed by atoms with Crippen molar-refractivity contribution < 1.29 is 9.47 Å². The number of hydrogen-bond donors (Lipinski definition) is 1. The molecule has 4 rings (SSSR count). The van der Waals surface area contributed by atoms with Crippen molar-refractivity contribution >= 4 is 22.7 Å². The van der Waals surface area contributed by atoms with Crippen LogP contribution in [0.5, 0.6) is 11.5 Å². The molecule has 28 heavy (non-hydrogen) atoms. The summed E-state index contributed by atoms with van der Waals surface area (Å²) >= 11 is 0. The lowest BCUT2D eigenvalue weighted by atomic mass is 10.1. The van der Waals surface area contributed by atoms with E-state index in [1.807, 2.05) is 49.4 Å². The number of aryl methyl sites for hydroxylation is 1. The second-order valence-corrected chi connectivity index (χ2v) is 6.16. The molecule has 0 saturated heterocycles. The Kier molecular flexibility index (Phi) is 4.72. The third-order valence-corrected chi connectivity index (χ3v) is 4.38. The molecular weight excluding hydrogens is 354 g/mol. The first kappa shape index (κ1) is 17.7. The Hall–Kier alpha value is -3.74. The highest BCUT2D eigenvalue weighted by atomic mass is 16.5. The molecule has 0 bridgehead atoms. The molecule has 4 aromatic rings. The molecule has 0 atom stereocenters. The fourth-order valence-electron chi connectivity index (χ4n) is 2.96. The third kappa shape index (κ3) is 3.29. The maximum Gasteiger partial charge on any atom is 0.183 e. The monoisotopic (exact) mass is 373 g/mol. The van der Waals surface area contributed by atoms with Crippen LogP contribution in [0.4, 0.5) is 11.5 Å². The number of fused-ring (bicyclic) bond motifs is 1. The normalized spacial score (nSPS) is 10.7. The third-order valence-electron chi connectivity index (χ3n) is 4.38. The summed E-state index contributed by atoms with van der Waals surface area (Å²) in [5.41, 5.74) is 4.56. The molecule has 0 saturated carbocycles. The average Bonchev–Trinajstić information content (AvgIpc) is 2.74. The van der Waals surface area contributed by atoms with Gasteiger partial charge < -0.3 is 14.8 Å². The first-order chi connectivity index (χ1) is 13.7. The van der Waals surface area contributed by atoms with E-state index in [1.165, 1.54) is 6.33 Å². The smallest absolute Gasteiger partial charge is 0.183 e. The quantitative estimate of drug-likeness (QED) is 0.562. The molecular formula is C21H19N5O2. The number of methoxy groups -OCH3 is 2. The van der Waals surface area contributed by atoms with Crippen LogP contribution in [-0.2, 0) is 0 Å². The highest BCUT2D eigenvalue weighted by molar-refractivity contribution is 5.87. The molecule has 0 unspecified atom stereocenters. The van der Waals surface area contributed by atoms with E-state index in [2.05, 4.69) is 20.3 Å². The molecule has 2 aromatic carbocycles. The fraction of sp³-hybridized carbons (Fsp3) is 0.143. The fourth-order valence-corrected chi connectivity index (χ4v) is 2.96. The van der Waals surface area contributed by atoms with Gasteiger partial charge in [0.1, 0.15) is 17.8 Å². The molecule has 0 spiro atoms. The minimum absolute atomic E-state index is 0.515. The van der Waals surface area contributed by atoms with Crippen molar-refractivity contribution in [2.45, 2.75) is 6.92 Å². The summed E-state index contributed by atoms with van der Waals surface area (Å²) in [7, 11) is 3.24. The van der Waals surface area contributed by atoms with E-state index in [0.29, 0.717) is 22.7 Å². The minimum atomic E-state index is 0.515. The van der Waals surface area contributed by atoms with Gasteiger partial charge in [0.25, 0.3) is 0 Å². The van der Waals surface area contributed by atoms with Crippen LogP contribution in [-0.4, -0.2) is 34.2 Å². The van der Waals surface area contributed by atoms with Gasteiger partial charge in [-0.25, -0.2) is 19.9 Å². The van der Waals surface area contributed by atoms with Crippen LogP contribution in [0.1, 0.15) is 5.56 Å². The number of aromatic nitrogens is 4. The first-order valence-electron chi connectivity index (χ1n) is 8.72. The lowest BCUT2D eigenvalue weighted by molar-refractivity contribution is 0.393. The average molecular weight is 373 g/mol. The Morgan fingerprint density at radius 2 is 1.68 bits per heavy atom. The van der Waals surface area contributed by atoms with Crippen LogP contribution < -0.4 is 14.8 Å². The van der Waals surface area contributed by atoms with Crippen molar-refractivity contribution in [3.63, 3.8) is 0 Å². The Bertz CT molecular complexity index is 1130. The molecule has 7 nitrogen and oxygen atoms in total. The Labute approximate surface area is 162 Å².